The van der Waals surface area contributed by atoms with Crippen molar-refractivity contribution in [2.45, 2.75) is 19.8 Å². The summed E-state index contributed by atoms with van der Waals surface area (Å²) in [6, 6.07) is 3.35. The Morgan fingerprint density at radius 3 is 2.67 bits per heavy atom. The van der Waals surface area contributed by atoms with Crippen molar-refractivity contribution in [1.82, 2.24) is 4.98 Å². The second-order valence-corrected chi connectivity index (χ2v) is 3.75. The Hall–Kier alpha value is -0.935. The summed E-state index contributed by atoms with van der Waals surface area (Å²) in [5.74, 6) is 0.0508. The smallest absolute Gasteiger partial charge is 0.423 e. The third kappa shape index (κ3) is 3.97. The van der Waals surface area contributed by atoms with E-state index in [0.717, 1.165) is 12.1 Å². The topological polar surface area (TPSA) is 53.4 Å². The lowest BCUT2D eigenvalue weighted by atomic mass is 9.81. The van der Waals surface area contributed by atoms with E-state index in [-0.39, 0.29) is 12.6 Å². The number of rotatable bonds is 5. The summed E-state index contributed by atoms with van der Waals surface area (Å²) in [6.07, 6.45) is 2.90. The van der Waals surface area contributed by atoms with Crippen molar-refractivity contribution in [3.63, 3.8) is 0 Å². The molecule has 1 rings (SSSR count). The summed E-state index contributed by atoms with van der Waals surface area (Å²) in [6.45, 7) is 1.54. The fourth-order valence-electron chi connectivity index (χ4n) is 1.21. The van der Waals surface area contributed by atoms with Crippen LogP contribution in [-0.2, 0) is 6.42 Å². The van der Waals surface area contributed by atoms with Crippen molar-refractivity contribution in [2.24, 2.45) is 5.92 Å². The minimum atomic E-state index is -1.48. The van der Waals surface area contributed by atoms with Gasteiger partial charge < -0.3 is 10.0 Å². The molecular formula is C10H15BFNO2. The van der Waals surface area contributed by atoms with Crippen molar-refractivity contribution < 1.29 is 14.4 Å². The highest BCUT2D eigenvalue weighted by Crippen LogP contribution is 2.07. The van der Waals surface area contributed by atoms with Crippen LogP contribution in [0.3, 0.4) is 0 Å². The number of halogens is 1. The summed E-state index contributed by atoms with van der Waals surface area (Å²) < 4.78 is 12.2. The number of alkyl halides is 1. The molecule has 0 aliphatic heterocycles. The van der Waals surface area contributed by atoms with Crippen LogP contribution in [0.4, 0.5) is 4.39 Å². The van der Waals surface area contributed by atoms with Crippen LogP contribution in [0.2, 0.25) is 0 Å². The molecule has 0 aromatic carbocycles. The standard InChI is InChI=1S/C10H15BFNO2/c1-8(6-12)2-4-10-5-3-9(7-13-10)11(14)15/h3,5,7-8,14-15H,2,4,6H2,1H3/t8-/m0/s1. The monoisotopic (exact) mass is 211 g/mol. The Balaban J connectivity index is 2.50. The van der Waals surface area contributed by atoms with E-state index in [1.165, 1.54) is 6.20 Å². The zero-order valence-corrected chi connectivity index (χ0v) is 8.73. The first-order valence-corrected chi connectivity index (χ1v) is 5.00. The van der Waals surface area contributed by atoms with Crippen LogP contribution < -0.4 is 5.46 Å². The highest BCUT2D eigenvalue weighted by Gasteiger charge is 2.10. The van der Waals surface area contributed by atoms with Crippen LogP contribution in [0.15, 0.2) is 18.3 Å². The number of pyridine rings is 1. The van der Waals surface area contributed by atoms with E-state index in [1.54, 1.807) is 12.1 Å². The Bertz CT molecular complexity index is 292. The molecule has 0 saturated heterocycles. The molecule has 3 nitrogen and oxygen atoms in total. The third-order valence-corrected chi connectivity index (χ3v) is 2.30. The Morgan fingerprint density at radius 1 is 1.47 bits per heavy atom. The summed E-state index contributed by atoms with van der Waals surface area (Å²) >= 11 is 0. The van der Waals surface area contributed by atoms with Gasteiger partial charge in [-0.3, -0.25) is 9.37 Å². The van der Waals surface area contributed by atoms with E-state index in [0.29, 0.717) is 11.9 Å². The van der Waals surface area contributed by atoms with Gasteiger partial charge in [-0.05, 0) is 24.8 Å². The van der Waals surface area contributed by atoms with Gasteiger partial charge in [0, 0.05) is 17.4 Å². The first-order valence-electron chi connectivity index (χ1n) is 5.00. The van der Waals surface area contributed by atoms with Crippen LogP contribution in [0, 0.1) is 5.92 Å². The molecule has 15 heavy (non-hydrogen) atoms. The van der Waals surface area contributed by atoms with Gasteiger partial charge in [0.2, 0.25) is 0 Å². The fourth-order valence-corrected chi connectivity index (χ4v) is 1.21. The van der Waals surface area contributed by atoms with Gasteiger partial charge in [-0.1, -0.05) is 13.0 Å². The average molecular weight is 211 g/mol. The van der Waals surface area contributed by atoms with Gasteiger partial charge in [0.1, 0.15) is 0 Å². The van der Waals surface area contributed by atoms with Crippen molar-refractivity contribution in [1.29, 1.82) is 0 Å². The molecule has 2 N–H and O–H groups in total. The highest BCUT2D eigenvalue weighted by molar-refractivity contribution is 6.58. The zero-order chi connectivity index (χ0) is 11.3. The van der Waals surface area contributed by atoms with E-state index in [2.05, 4.69) is 4.98 Å². The zero-order valence-electron chi connectivity index (χ0n) is 8.73. The largest absolute Gasteiger partial charge is 0.490 e. The number of aryl methyl sites for hydroxylation is 1. The highest BCUT2D eigenvalue weighted by atomic mass is 19.1. The minimum Gasteiger partial charge on any atom is -0.423 e. The minimum absolute atomic E-state index is 0.0508. The van der Waals surface area contributed by atoms with Gasteiger partial charge in [-0.2, -0.15) is 0 Å². The molecule has 5 heteroatoms. The quantitative estimate of drug-likeness (QED) is 0.688. The van der Waals surface area contributed by atoms with Crippen LogP contribution in [-0.4, -0.2) is 28.8 Å². The first-order chi connectivity index (χ1) is 7.13. The molecule has 1 heterocycles. The van der Waals surface area contributed by atoms with E-state index in [9.17, 15) is 4.39 Å². The maximum Gasteiger partial charge on any atom is 0.490 e. The molecule has 0 aliphatic carbocycles. The van der Waals surface area contributed by atoms with Crippen molar-refractivity contribution in [3.8, 4) is 0 Å². The molecule has 0 radical (unpaired) electrons. The average Bonchev–Trinajstić information content (AvgIpc) is 2.26. The van der Waals surface area contributed by atoms with Gasteiger partial charge in [0.05, 0.1) is 6.67 Å². The summed E-state index contributed by atoms with van der Waals surface area (Å²) in [4.78, 5) is 4.06. The Kier molecular flexibility index (Phi) is 4.71. The predicted molar refractivity (Wildman–Crippen MR) is 57.5 cm³/mol. The summed E-state index contributed by atoms with van der Waals surface area (Å²) in [7, 11) is -1.48. The molecule has 1 atom stereocenters. The molecule has 0 fully saturated rings. The van der Waals surface area contributed by atoms with Crippen LogP contribution >= 0.6 is 0 Å². The van der Waals surface area contributed by atoms with Crippen LogP contribution in [0.25, 0.3) is 0 Å². The second kappa shape index (κ2) is 5.83. The van der Waals surface area contributed by atoms with Crippen LogP contribution in [0.1, 0.15) is 19.0 Å². The maximum absolute atomic E-state index is 12.2. The predicted octanol–water partition coefficient (Wildman–Crippen LogP) is 0.300. The van der Waals surface area contributed by atoms with Crippen molar-refractivity contribution in [2.75, 3.05) is 6.67 Å². The maximum atomic E-state index is 12.2. The van der Waals surface area contributed by atoms with Gasteiger partial charge >= 0.3 is 7.12 Å². The number of aromatic nitrogens is 1. The normalized spacial score (nSPS) is 12.5. The molecule has 0 aliphatic rings. The van der Waals surface area contributed by atoms with Gasteiger partial charge in [0.25, 0.3) is 0 Å². The summed E-state index contributed by atoms with van der Waals surface area (Å²) in [5.41, 5.74) is 1.22. The van der Waals surface area contributed by atoms with Gasteiger partial charge in [0.15, 0.2) is 0 Å². The first kappa shape index (κ1) is 12.1. The third-order valence-electron chi connectivity index (χ3n) is 2.30. The SMILES string of the molecule is C[C@H](CF)CCc1ccc(B(O)O)cn1. The molecule has 82 valence electrons. The van der Waals surface area contributed by atoms with Crippen molar-refractivity contribution >= 4 is 12.6 Å². The van der Waals surface area contributed by atoms with E-state index in [1.807, 2.05) is 6.92 Å². The van der Waals surface area contributed by atoms with E-state index < -0.39 is 7.12 Å². The molecule has 1 aromatic rings. The molecule has 0 unspecified atom stereocenters. The lowest BCUT2D eigenvalue weighted by Crippen LogP contribution is -2.30. The molecule has 0 amide bonds. The lowest BCUT2D eigenvalue weighted by Gasteiger charge is -2.06. The number of hydrogen-bond acceptors (Lipinski definition) is 3. The Morgan fingerprint density at radius 2 is 2.20 bits per heavy atom. The van der Waals surface area contributed by atoms with E-state index >= 15 is 0 Å². The second-order valence-electron chi connectivity index (χ2n) is 3.75. The summed E-state index contributed by atoms with van der Waals surface area (Å²) in [5, 5.41) is 17.7. The van der Waals surface area contributed by atoms with Gasteiger partial charge in [-0.15, -0.1) is 0 Å². The lowest BCUT2D eigenvalue weighted by molar-refractivity contribution is 0.365. The van der Waals surface area contributed by atoms with Gasteiger partial charge in [-0.25, -0.2) is 0 Å². The van der Waals surface area contributed by atoms with Crippen LogP contribution in [0.5, 0.6) is 0 Å². The number of nitrogens with zero attached hydrogens (tertiary/aromatic N) is 1. The Labute approximate surface area is 89.1 Å². The fraction of sp³-hybridized carbons (Fsp3) is 0.500. The van der Waals surface area contributed by atoms with E-state index in [4.69, 9.17) is 10.0 Å². The molecule has 0 bridgehead atoms. The number of hydrogen-bond donors (Lipinski definition) is 2. The molecule has 0 saturated carbocycles. The molecule has 1 aromatic heterocycles. The molecular weight excluding hydrogens is 196 g/mol. The molecule has 0 spiro atoms. The van der Waals surface area contributed by atoms with Crippen molar-refractivity contribution in [3.05, 3.63) is 24.0 Å².